The second-order valence-electron chi connectivity index (χ2n) is 3.46. The first-order valence-corrected chi connectivity index (χ1v) is 5.86. The third-order valence-corrected chi connectivity index (χ3v) is 3.62. The number of nitrogens with zero attached hydrogens (tertiary/aromatic N) is 2. The molecule has 1 aliphatic rings. The van der Waals surface area contributed by atoms with Crippen molar-refractivity contribution in [3.05, 3.63) is 0 Å². The summed E-state index contributed by atoms with van der Waals surface area (Å²) < 4.78 is 26.8. The lowest BCUT2D eigenvalue weighted by Crippen LogP contribution is -2.48. The lowest BCUT2D eigenvalue weighted by atomic mass is 10.4. The predicted molar refractivity (Wildman–Crippen MR) is 51.7 cm³/mol. The van der Waals surface area contributed by atoms with E-state index in [-0.39, 0.29) is 0 Å². The Hall–Kier alpha value is -0.170. The van der Waals surface area contributed by atoms with Crippen LogP contribution in [0.25, 0.3) is 0 Å². The summed E-state index contributed by atoms with van der Waals surface area (Å²) in [5.41, 5.74) is 0. The van der Waals surface area contributed by atoms with Gasteiger partial charge in [0.25, 0.3) is 10.2 Å². The molecule has 1 aliphatic heterocycles. The highest BCUT2D eigenvalue weighted by atomic mass is 32.2. The Balaban J connectivity index is 2.47. The Kier molecular flexibility index (Phi) is 3.66. The fourth-order valence-corrected chi connectivity index (χ4v) is 2.49. The second-order valence-corrected chi connectivity index (χ2v) is 5.21. The van der Waals surface area contributed by atoms with Crippen molar-refractivity contribution in [2.24, 2.45) is 0 Å². The molecule has 0 spiro atoms. The zero-order chi connectivity index (χ0) is 9.90. The molecule has 1 heterocycles. The average molecular weight is 207 g/mol. The lowest BCUT2D eigenvalue weighted by Gasteiger charge is -2.27. The van der Waals surface area contributed by atoms with Gasteiger partial charge in [-0.1, -0.05) is 0 Å². The summed E-state index contributed by atoms with van der Waals surface area (Å²) in [5, 5.41) is 0. The molecule has 0 saturated carbocycles. The molecule has 78 valence electrons. The number of rotatable bonds is 3. The quantitative estimate of drug-likeness (QED) is 0.652. The van der Waals surface area contributed by atoms with Gasteiger partial charge in [-0.05, 0) is 20.5 Å². The largest absolute Gasteiger partial charge is 0.308 e. The lowest BCUT2D eigenvalue weighted by molar-refractivity contribution is 0.317. The minimum Gasteiger partial charge on any atom is -0.308 e. The predicted octanol–water partition coefficient (Wildman–Crippen LogP) is -0.912. The fourth-order valence-electron chi connectivity index (χ4n) is 1.21. The van der Waals surface area contributed by atoms with Crippen LogP contribution in [0.5, 0.6) is 0 Å². The molecule has 1 N–H and O–H groups in total. The van der Waals surface area contributed by atoms with Gasteiger partial charge in [-0.25, -0.2) is 4.72 Å². The van der Waals surface area contributed by atoms with Crippen molar-refractivity contribution in [1.82, 2.24) is 13.9 Å². The van der Waals surface area contributed by atoms with Crippen LogP contribution in [0.1, 0.15) is 6.42 Å². The minimum absolute atomic E-state index is 0.570. The normalized spacial score (nSPS) is 23.6. The van der Waals surface area contributed by atoms with Gasteiger partial charge < -0.3 is 4.90 Å². The SMILES string of the molecule is CN(C)CCN1CCCNS1(=O)=O. The molecule has 1 fully saturated rings. The summed E-state index contributed by atoms with van der Waals surface area (Å²) in [7, 11) is 0.706. The molecule has 5 nitrogen and oxygen atoms in total. The summed E-state index contributed by atoms with van der Waals surface area (Å²) in [6.07, 6.45) is 0.895. The Bertz CT molecular complexity index is 250. The van der Waals surface area contributed by atoms with Crippen LogP contribution < -0.4 is 4.72 Å². The van der Waals surface area contributed by atoms with Gasteiger partial charge in [-0.2, -0.15) is 12.7 Å². The van der Waals surface area contributed by atoms with E-state index in [1.165, 1.54) is 4.31 Å². The number of likely N-dealkylation sites (N-methyl/N-ethyl adjacent to an activating group) is 1. The van der Waals surface area contributed by atoms with E-state index in [2.05, 4.69) is 4.72 Å². The van der Waals surface area contributed by atoms with Crippen LogP contribution >= 0.6 is 0 Å². The van der Waals surface area contributed by atoms with Gasteiger partial charge in [0.15, 0.2) is 0 Å². The molecule has 0 bridgehead atoms. The van der Waals surface area contributed by atoms with Gasteiger partial charge in [0.2, 0.25) is 0 Å². The molecule has 0 aromatic rings. The van der Waals surface area contributed by atoms with Crippen LogP contribution in [0.3, 0.4) is 0 Å². The Morgan fingerprint density at radius 2 is 2.15 bits per heavy atom. The van der Waals surface area contributed by atoms with Crippen molar-refractivity contribution in [2.45, 2.75) is 6.42 Å². The molecule has 1 rings (SSSR count). The molecule has 6 heteroatoms. The number of nitrogens with one attached hydrogen (secondary N) is 1. The van der Waals surface area contributed by atoms with E-state index >= 15 is 0 Å². The molecule has 13 heavy (non-hydrogen) atoms. The maximum Gasteiger partial charge on any atom is 0.279 e. The zero-order valence-corrected chi connectivity index (χ0v) is 8.97. The van der Waals surface area contributed by atoms with Crippen molar-refractivity contribution in [3.63, 3.8) is 0 Å². The third-order valence-electron chi connectivity index (χ3n) is 2.01. The molecule has 0 amide bonds. The summed E-state index contributed by atoms with van der Waals surface area (Å²) in [4.78, 5) is 1.98. The Morgan fingerprint density at radius 3 is 2.69 bits per heavy atom. The van der Waals surface area contributed by atoms with E-state index < -0.39 is 10.2 Å². The van der Waals surface area contributed by atoms with Crippen molar-refractivity contribution >= 4 is 10.2 Å². The first-order chi connectivity index (χ1) is 6.02. The highest BCUT2D eigenvalue weighted by Gasteiger charge is 2.24. The van der Waals surface area contributed by atoms with E-state index in [0.29, 0.717) is 19.6 Å². The number of hydrogen-bond acceptors (Lipinski definition) is 3. The molecule has 0 unspecified atom stereocenters. The van der Waals surface area contributed by atoms with Crippen LogP contribution in [-0.2, 0) is 10.2 Å². The first-order valence-electron chi connectivity index (χ1n) is 4.42. The molecule has 1 saturated heterocycles. The van der Waals surface area contributed by atoms with E-state index in [9.17, 15) is 8.42 Å². The standard InChI is InChI=1S/C7H17N3O2S/c1-9(2)6-7-10-5-3-4-8-13(10,11)12/h8H,3-7H2,1-2H3. The number of hydrogen-bond donors (Lipinski definition) is 1. The summed E-state index contributed by atoms with van der Waals surface area (Å²) in [5.74, 6) is 0. The topological polar surface area (TPSA) is 52.6 Å². The van der Waals surface area contributed by atoms with Crippen LogP contribution in [-0.4, -0.2) is 57.9 Å². The molecule has 0 aromatic carbocycles. The highest BCUT2D eigenvalue weighted by Crippen LogP contribution is 2.04. The van der Waals surface area contributed by atoms with Gasteiger partial charge in [0.05, 0.1) is 0 Å². The van der Waals surface area contributed by atoms with Crippen LogP contribution in [0.2, 0.25) is 0 Å². The smallest absolute Gasteiger partial charge is 0.279 e. The van der Waals surface area contributed by atoms with E-state index in [1.807, 2.05) is 19.0 Å². The van der Waals surface area contributed by atoms with E-state index in [4.69, 9.17) is 0 Å². The molecule has 0 radical (unpaired) electrons. The minimum atomic E-state index is -3.16. The van der Waals surface area contributed by atoms with Crippen molar-refractivity contribution in [1.29, 1.82) is 0 Å². The Morgan fingerprint density at radius 1 is 1.46 bits per heavy atom. The third kappa shape index (κ3) is 3.22. The maximum atomic E-state index is 11.4. The van der Waals surface area contributed by atoms with Crippen LogP contribution in [0.15, 0.2) is 0 Å². The monoisotopic (exact) mass is 207 g/mol. The van der Waals surface area contributed by atoms with Gasteiger partial charge in [-0.15, -0.1) is 0 Å². The molecule has 0 aromatic heterocycles. The molecular weight excluding hydrogens is 190 g/mol. The molecule has 0 aliphatic carbocycles. The van der Waals surface area contributed by atoms with Gasteiger partial charge in [0.1, 0.15) is 0 Å². The summed E-state index contributed by atoms with van der Waals surface area (Å²) in [6, 6.07) is 0. The fraction of sp³-hybridized carbons (Fsp3) is 1.00. The van der Waals surface area contributed by atoms with Crippen LogP contribution in [0, 0.1) is 0 Å². The summed E-state index contributed by atoms with van der Waals surface area (Å²) >= 11 is 0. The molecular formula is C7H17N3O2S. The second kappa shape index (κ2) is 4.36. The summed E-state index contributed by atoms with van der Waals surface area (Å²) in [6.45, 7) is 2.55. The van der Waals surface area contributed by atoms with E-state index in [0.717, 1.165) is 13.0 Å². The Labute approximate surface area is 79.9 Å². The zero-order valence-electron chi connectivity index (χ0n) is 8.15. The highest BCUT2D eigenvalue weighted by molar-refractivity contribution is 7.87. The van der Waals surface area contributed by atoms with E-state index in [1.54, 1.807) is 0 Å². The van der Waals surface area contributed by atoms with Crippen molar-refractivity contribution in [2.75, 3.05) is 40.3 Å². The van der Waals surface area contributed by atoms with Gasteiger partial charge in [0, 0.05) is 26.2 Å². The van der Waals surface area contributed by atoms with Crippen molar-refractivity contribution < 1.29 is 8.42 Å². The maximum absolute atomic E-state index is 11.4. The van der Waals surface area contributed by atoms with Gasteiger partial charge >= 0.3 is 0 Å². The first kappa shape index (κ1) is 10.9. The van der Waals surface area contributed by atoms with Crippen LogP contribution in [0.4, 0.5) is 0 Å². The average Bonchev–Trinajstić information content (AvgIpc) is 2.01. The molecule has 0 atom stereocenters. The van der Waals surface area contributed by atoms with Crippen molar-refractivity contribution in [3.8, 4) is 0 Å². The van der Waals surface area contributed by atoms with Gasteiger partial charge in [-0.3, -0.25) is 0 Å².